The summed E-state index contributed by atoms with van der Waals surface area (Å²) < 4.78 is 1.06. The Morgan fingerprint density at radius 1 is 0.864 bits per heavy atom. The van der Waals surface area contributed by atoms with Crippen molar-refractivity contribution in [2.24, 2.45) is 40.9 Å². The van der Waals surface area contributed by atoms with Gasteiger partial charge in [0.15, 0.2) is 5.78 Å². The molecule has 0 aliphatic rings. The van der Waals surface area contributed by atoms with Crippen molar-refractivity contribution in [3.8, 4) is 27.8 Å². The van der Waals surface area contributed by atoms with E-state index in [-0.39, 0.29) is 54.3 Å². The molecule has 0 aliphatic carbocycles. The second-order valence-electron chi connectivity index (χ2n) is 20.1. The number of thiophene rings is 1. The quantitative estimate of drug-likeness (QED) is 0.0859. The minimum absolute atomic E-state index is 0. The predicted molar refractivity (Wildman–Crippen MR) is 250 cm³/mol. The van der Waals surface area contributed by atoms with Gasteiger partial charge < -0.3 is 5.11 Å². The van der Waals surface area contributed by atoms with Gasteiger partial charge in [0.2, 0.25) is 0 Å². The van der Waals surface area contributed by atoms with Gasteiger partial charge in [0, 0.05) is 64.9 Å². The fraction of sp³-hybridized carbons (Fsp3) is 0.491. The number of pyridine rings is 1. The van der Waals surface area contributed by atoms with Gasteiger partial charge in [-0.15, -0.1) is 40.5 Å². The van der Waals surface area contributed by atoms with Crippen molar-refractivity contribution >= 4 is 38.0 Å². The van der Waals surface area contributed by atoms with Crippen molar-refractivity contribution in [2.75, 3.05) is 0 Å². The zero-order valence-electron chi connectivity index (χ0n) is 38.9. The first-order valence-electron chi connectivity index (χ1n) is 21.2. The number of allylic oxidation sites excluding steroid dienone is 2. The molecule has 2 aromatic heterocycles. The van der Waals surface area contributed by atoms with Gasteiger partial charge in [0.1, 0.15) is 6.07 Å². The topological polar surface area (TPSA) is 74.0 Å². The Bertz CT molecular complexity index is 2300. The van der Waals surface area contributed by atoms with Crippen LogP contribution in [0.15, 0.2) is 60.5 Å². The Hall–Kier alpha value is -3.62. The molecule has 5 aromatic rings. The van der Waals surface area contributed by atoms with Crippen LogP contribution < -0.4 is 0 Å². The number of aryl methyl sites for hydroxylation is 3. The molecular weight excluding hydrogens is 921 g/mol. The Morgan fingerprint density at radius 3 is 1.90 bits per heavy atom. The Balaban J connectivity index is 0.000000396. The van der Waals surface area contributed by atoms with Crippen LogP contribution in [0, 0.1) is 79.1 Å². The van der Waals surface area contributed by atoms with Crippen LogP contribution in [0.3, 0.4) is 0 Å². The van der Waals surface area contributed by atoms with Gasteiger partial charge >= 0.3 is 0 Å². The number of hydrogen-bond acceptors (Lipinski definition) is 5. The SMILES string of the molecule is CC(C)C(C(=O)/C=C(\O)C(C(C)C)C(C)C)C(C)C.Cc1cc(CC(C)(C)C)cc(C)c1-c1sc2c(-c3[c-]c4ccccc4c(C(C)(C)C)c3)ncc(C#N)c2c1C.[Ir]. The monoisotopic (exact) mass is 990 g/mol. The number of benzene rings is 3. The molecule has 0 fully saturated rings. The largest absolute Gasteiger partial charge is 0.512 e. The summed E-state index contributed by atoms with van der Waals surface area (Å²) in [6.45, 7) is 36.8. The predicted octanol–water partition coefficient (Wildman–Crippen LogP) is 15.1. The van der Waals surface area contributed by atoms with E-state index in [4.69, 9.17) is 4.98 Å². The average Bonchev–Trinajstić information content (AvgIpc) is 3.41. The van der Waals surface area contributed by atoms with E-state index in [1.54, 1.807) is 17.5 Å². The van der Waals surface area contributed by atoms with Gasteiger partial charge in [0.25, 0.3) is 0 Å². The first kappa shape index (κ1) is 49.7. The van der Waals surface area contributed by atoms with E-state index in [0.29, 0.717) is 29.2 Å². The molecule has 5 rings (SSSR count). The standard InChI is InChI=1S/C36H37N2S.C17H32O2.Ir/c1-21-14-24(18-35(4,5)6)15-22(2)30(21)33-23(3)31-27(19-37)20-38-32(34(31)39-33)26-16-25-12-10-11-13-28(25)29(17-26)36(7,8)9;1-10(2)16(11(3)4)14(18)9-15(19)17(12(5)6)13(7)8;/h10-15,17,20H,18H2,1-9H3;9-13,16-18H,1-8H3;/q-1;;/b;14-9-;. The number of nitrogens with zero attached hydrogens (tertiary/aromatic N) is 2. The van der Waals surface area contributed by atoms with Crippen molar-refractivity contribution in [3.05, 3.63) is 99.9 Å². The molecule has 0 aliphatic heterocycles. The first-order valence-corrected chi connectivity index (χ1v) is 22.0. The summed E-state index contributed by atoms with van der Waals surface area (Å²) in [7, 11) is 0. The van der Waals surface area contributed by atoms with E-state index < -0.39 is 0 Å². The maximum absolute atomic E-state index is 12.3. The van der Waals surface area contributed by atoms with Crippen LogP contribution in [0.4, 0.5) is 0 Å². The Morgan fingerprint density at radius 2 is 1.41 bits per heavy atom. The molecule has 1 radical (unpaired) electrons. The molecule has 0 unspecified atom stereocenters. The first-order chi connectivity index (χ1) is 26.9. The van der Waals surface area contributed by atoms with E-state index >= 15 is 0 Å². The van der Waals surface area contributed by atoms with E-state index in [2.05, 4.69) is 172 Å². The van der Waals surface area contributed by atoms with Gasteiger partial charge in [-0.1, -0.05) is 138 Å². The molecule has 0 spiro atoms. The fourth-order valence-corrected chi connectivity index (χ4v) is 10.6. The number of hydrogen-bond donors (Lipinski definition) is 1. The van der Waals surface area contributed by atoms with Gasteiger partial charge in [0.05, 0.1) is 11.3 Å². The van der Waals surface area contributed by atoms with Gasteiger partial charge in [-0.3, -0.25) is 9.78 Å². The smallest absolute Gasteiger partial charge is 0.162 e. The molecule has 0 amide bonds. The molecule has 0 atom stereocenters. The van der Waals surface area contributed by atoms with Crippen LogP contribution in [0.5, 0.6) is 0 Å². The number of rotatable bonds is 10. The molecular formula is C53H69IrN2O2S-. The van der Waals surface area contributed by atoms with Gasteiger partial charge in [-0.2, -0.15) is 5.26 Å². The molecule has 2 heterocycles. The molecule has 4 nitrogen and oxygen atoms in total. The van der Waals surface area contributed by atoms with Crippen LogP contribution in [0.25, 0.3) is 42.6 Å². The van der Waals surface area contributed by atoms with E-state index in [9.17, 15) is 15.2 Å². The van der Waals surface area contributed by atoms with Crippen LogP contribution in [-0.4, -0.2) is 15.9 Å². The maximum Gasteiger partial charge on any atom is 0.162 e. The van der Waals surface area contributed by atoms with Crippen molar-refractivity contribution in [2.45, 2.75) is 130 Å². The molecule has 1 N–H and O–H groups in total. The average molecular weight is 990 g/mol. The number of aliphatic hydroxyl groups is 1. The number of aliphatic hydroxyl groups excluding tert-OH is 1. The van der Waals surface area contributed by atoms with Gasteiger partial charge in [-0.25, -0.2) is 0 Å². The molecule has 0 saturated heterocycles. The summed E-state index contributed by atoms with van der Waals surface area (Å²) >= 11 is 1.76. The molecule has 6 heteroatoms. The third-order valence-corrected chi connectivity index (χ3v) is 12.6. The van der Waals surface area contributed by atoms with Crippen LogP contribution in [-0.2, 0) is 36.7 Å². The van der Waals surface area contributed by atoms with Crippen LogP contribution >= 0.6 is 11.3 Å². The number of carbonyl (C=O) groups excluding carboxylic acids is 1. The molecule has 0 saturated carbocycles. The number of carbonyl (C=O) groups is 1. The normalized spacial score (nSPS) is 12.5. The minimum atomic E-state index is -0.0330. The molecule has 0 bridgehead atoms. The number of ketones is 1. The van der Waals surface area contributed by atoms with E-state index in [1.807, 2.05) is 0 Å². The maximum atomic E-state index is 12.3. The van der Waals surface area contributed by atoms with Gasteiger partial charge in [-0.05, 0) is 89.5 Å². The summed E-state index contributed by atoms with van der Waals surface area (Å²) in [6, 6.07) is 21.5. The third-order valence-electron chi connectivity index (χ3n) is 11.3. The fourth-order valence-electron chi connectivity index (χ4n) is 9.09. The zero-order chi connectivity index (χ0) is 43.6. The van der Waals surface area contributed by atoms with E-state index in [0.717, 1.165) is 38.7 Å². The van der Waals surface area contributed by atoms with Crippen molar-refractivity contribution < 1.29 is 30.0 Å². The summed E-state index contributed by atoms with van der Waals surface area (Å²) in [6.07, 6.45) is 4.27. The molecule has 59 heavy (non-hydrogen) atoms. The molecule has 319 valence electrons. The van der Waals surface area contributed by atoms with Crippen molar-refractivity contribution in [1.29, 1.82) is 5.26 Å². The van der Waals surface area contributed by atoms with Crippen molar-refractivity contribution in [3.63, 3.8) is 0 Å². The zero-order valence-corrected chi connectivity index (χ0v) is 42.1. The Kier molecular flexibility index (Phi) is 16.7. The molecule has 3 aromatic carbocycles. The number of aromatic nitrogens is 1. The summed E-state index contributed by atoms with van der Waals surface area (Å²) in [5, 5.41) is 23.7. The number of fused-ring (bicyclic) bond motifs is 2. The van der Waals surface area contributed by atoms with Crippen molar-refractivity contribution in [1.82, 2.24) is 4.98 Å². The second-order valence-corrected chi connectivity index (χ2v) is 21.1. The number of nitriles is 1. The third kappa shape index (κ3) is 11.6. The van der Waals surface area contributed by atoms with Crippen LogP contribution in [0.2, 0.25) is 0 Å². The summed E-state index contributed by atoms with van der Waals surface area (Å²) in [5.41, 5.74) is 10.4. The summed E-state index contributed by atoms with van der Waals surface area (Å²) in [4.78, 5) is 18.5. The Labute approximate surface area is 374 Å². The van der Waals surface area contributed by atoms with E-state index in [1.165, 1.54) is 44.2 Å². The summed E-state index contributed by atoms with van der Waals surface area (Å²) in [5.74, 6) is 1.63. The second kappa shape index (κ2) is 19.8. The minimum Gasteiger partial charge on any atom is -0.512 e. The van der Waals surface area contributed by atoms with Crippen LogP contribution in [0.1, 0.15) is 130 Å².